The third kappa shape index (κ3) is 3.85. The largest absolute Gasteiger partial charge is 0.431 e. The van der Waals surface area contributed by atoms with Crippen molar-refractivity contribution in [2.75, 3.05) is 11.9 Å². The Morgan fingerprint density at radius 3 is 2.65 bits per heavy atom. The molecule has 1 aromatic heterocycles. The highest BCUT2D eigenvalue weighted by atomic mass is 35.5. The second-order valence-corrected chi connectivity index (χ2v) is 7.35. The highest BCUT2D eigenvalue weighted by Crippen LogP contribution is 2.35. The normalized spacial score (nSPS) is 14.5. The predicted octanol–water partition coefficient (Wildman–Crippen LogP) is 5.51. The number of nitrogens with one attached hydrogen (secondary N) is 1. The zero-order valence-corrected chi connectivity index (χ0v) is 15.1. The molecule has 0 saturated carbocycles. The molecule has 0 atom stereocenters. The fraction of sp³-hybridized carbons (Fsp3) is 0.412. The number of nitrogens with zero attached hydrogens (tertiary/aromatic N) is 2. The lowest BCUT2D eigenvalue weighted by Crippen LogP contribution is -2.16. The molecule has 0 aliphatic carbocycles. The van der Waals surface area contributed by atoms with E-state index in [1.54, 1.807) is 0 Å². The van der Waals surface area contributed by atoms with Crippen molar-refractivity contribution in [2.45, 2.75) is 40.0 Å². The van der Waals surface area contributed by atoms with Crippen molar-refractivity contribution in [1.82, 2.24) is 4.98 Å². The van der Waals surface area contributed by atoms with Crippen molar-refractivity contribution < 1.29 is 4.74 Å². The molecule has 1 aromatic carbocycles. The molecule has 0 amide bonds. The Bertz CT molecular complexity index is 735. The second-order valence-electron chi connectivity index (χ2n) is 5.78. The minimum atomic E-state index is 0.576. The number of thiazole rings is 1. The second kappa shape index (κ2) is 6.89. The van der Waals surface area contributed by atoms with E-state index in [0.717, 1.165) is 47.1 Å². The van der Waals surface area contributed by atoms with Crippen LogP contribution in [0, 0.1) is 20.8 Å². The maximum Gasteiger partial charge on any atom is 0.280 e. The molecule has 23 heavy (non-hydrogen) atoms. The summed E-state index contributed by atoms with van der Waals surface area (Å²) in [6.07, 6.45) is 3.41. The number of ether oxygens (including phenoxy) is 1. The monoisotopic (exact) mass is 349 g/mol. The molecule has 0 radical (unpaired) electrons. The molecule has 2 heterocycles. The molecule has 0 fully saturated rings. The summed E-state index contributed by atoms with van der Waals surface area (Å²) >= 11 is 7.41. The smallest absolute Gasteiger partial charge is 0.280 e. The molecule has 122 valence electrons. The fourth-order valence-corrected chi connectivity index (χ4v) is 3.38. The van der Waals surface area contributed by atoms with Crippen LogP contribution in [0.25, 0.3) is 0 Å². The van der Waals surface area contributed by atoms with Crippen molar-refractivity contribution in [2.24, 2.45) is 4.99 Å². The topological polar surface area (TPSA) is 46.5 Å². The van der Waals surface area contributed by atoms with Gasteiger partial charge >= 0.3 is 0 Å². The molecule has 2 aromatic rings. The molecule has 0 saturated heterocycles. The number of hydrogen-bond acceptors (Lipinski definition) is 5. The third-order valence-corrected chi connectivity index (χ3v) is 5.17. The van der Waals surface area contributed by atoms with Gasteiger partial charge in [0.1, 0.15) is 15.9 Å². The molecule has 6 heteroatoms. The van der Waals surface area contributed by atoms with Gasteiger partial charge in [0.2, 0.25) is 0 Å². The maximum atomic E-state index is 6.05. The van der Waals surface area contributed by atoms with E-state index in [1.807, 2.05) is 19.9 Å². The predicted molar refractivity (Wildman–Crippen MR) is 97.6 cm³/mol. The minimum absolute atomic E-state index is 0.576. The summed E-state index contributed by atoms with van der Waals surface area (Å²) in [5.41, 5.74) is 4.07. The highest BCUT2D eigenvalue weighted by molar-refractivity contribution is 7.17. The van der Waals surface area contributed by atoms with Gasteiger partial charge in [0.15, 0.2) is 0 Å². The molecule has 3 rings (SSSR count). The van der Waals surface area contributed by atoms with Crippen LogP contribution in [-0.4, -0.2) is 17.4 Å². The average Bonchev–Trinajstić information content (AvgIpc) is 2.83. The molecular formula is C17H20ClN3OS. The summed E-state index contributed by atoms with van der Waals surface area (Å²) < 4.78 is 6.57. The molecule has 0 unspecified atom stereocenters. The van der Waals surface area contributed by atoms with Crippen molar-refractivity contribution >= 4 is 34.5 Å². The molecule has 1 N–H and O–H groups in total. The van der Waals surface area contributed by atoms with Crippen molar-refractivity contribution in [3.63, 3.8) is 0 Å². The third-order valence-electron chi connectivity index (χ3n) is 3.84. The zero-order chi connectivity index (χ0) is 16.4. The van der Waals surface area contributed by atoms with E-state index in [-0.39, 0.29) is 0 Å². The van der Waals surface area contributed by atoms with Gasteiger partial charge in [-0.05, 0) is 56.9 Å². The van der Waals surface area contributed by atoms with Crippen LogP contribution >= 0.6 is 22.9 Å². The minimum Gasteiger partial charge on any atom is -0.431 e. The molecule has 4 nitrogen and oxygen atoms in total. The van der Waals surface area contributed by atoms with Crippen LogP contribution in [0.15, 0.2) is 17.1 Å². The van der Waals surface area contributed by atoms with Gasteiger partial charge in [0.05, 0.1) is 5.69 Å². The molecule has 0 spiro atoms. The first-order chi connectivity index (χ1) is 11.0. The molecule has 1 aliphatic heterocycles. The Morgan fingerprint density at radius 2 is 2.00 bits per heavy atom. The lowest BCUT2D eigenvalue weighted by molar-refractivity contribution is 0.474. The fourth-order valence-electron chi connectivity index (χ4n) is 2.48. The summed E-state index contributed by atoms with van der Waals surface area (Å²) in [7, 11) is 0. The highest BCUT2D eigenvalue weighted by Gasteiger charge is 2.12. The summed E-state index contributed by atoms with van der Waals surface area (Å²) in [4.78, 5) is 8.87. The number of hydrogen-bond donors (Lipinski definition) is 1. The number of halogens is 1. The van der Waals surface area contributed by atoms with Crippen LogP contribution < -0.4 is 10.1 Å². The number of aryl methyl sites for hydroxylation is 3. The lowest BCUT2D eigenvalue weighted by Gasteiger charge is -2.17. The van der Waals surface area contributed by atoms with E-state index in [1.165, 1.54) is 24.2 Å². The number of amidine groups is 1. The van der Waals surface area contributed by atoms with Gasteiger partial charge in [-0.25, -0.2) is 4.98 Å². The maximum absolute atomic E-state index is 6.05. The van der Waals surface area contributed by atoms with E-state index in [9.17, 15) is 0 Å². The van der Waals surface area contributed by atoms with Gasteiger partial charge in [-0.3, -0.25) is 4.99 Å². The number of rotatable bonds is 3. The van der Waals surface area contributed by atoms with E-state index in [2.05, 4.69) is 28.3 Å². The van der Waals surface area contributed by atoms with Crippen molar-refractivity contribution in [3.8, 4) is 10.9 Å². The Hall–Kier alpha value is -1.59. The van der Waals surface area contributed by atoms with Crippen LogP contribution in [0.2, 0.25) is 4.34 Å². The average molecular weight is 350 g/mol. The van der Waals surface area contributed by atoms with Gasteiger partial charge in [0.25, 0.3) is 5.19 Å². The summed E-state index contributed by atoms with van der Waals surface area (Å²) in [5, 5.41) is 4.03. The van der Waals surface area contributed by atoms with E-state index >= 15 is 0 Å². The Morgan fingerprint density at radius 1 is 1.17 bits per heavy atom. The van der Waals surface area contributed by atoms with Crippen molar-refractivity contribution in [1.29, 1.82) is 0 Å². The van der Waals surface area contributed by atoms with E-state index in [4.69, 9.17) is 16.3 Å². The van der Waals surface area contributed by atoms with Crippen LogP contribution in [0.4, 0.5) is 5.69 Å². The Balaban J connectivity index is 1.80. The lowest BCUT2D eigenvalue weighted by atomic mass is 10.1. The first-order valence-electron chi connectivity index (χ1n) is 7.75. The molecule has 1 aliphatic rings. The van der Waals surface area contributed by atoms with Crippen molar-refractivity contribution in [3.05, 3.63) is 33.3 Å². The SMILES string of the molecule is Cc1cc(Oc2nc(C)c(Cl)s2)c(C)cc1NC1=NCCCC1. The number of aromatic nitrogens is 1. The number of aliphatic imine (C=N–C) groups is 1. The van der Waals surface area contributed by atoms with Crippen LogP contribution in [-0.2, 0) is 0 Å². The van der Waals surface area contributed by atoms with Crippen LogP contribution in [0.5, 0.6) is 10.9 Å². The van der Waals surface area contributed by atoms with Crippen LogP contribution in [0.1, 0.15) is 36.1 Å². The summed E-state index contributed by atoms with van der Waals surface area (Å²) in [6, 6.07) is 4.13. The Labute approximate surface area is 145 Å². The summed E-state index contributed by atoms with van der Waals surface area (Å²) in [5.74, 6) is 1.89. The first-order valence-corrected chi connectivity index (χ1v) is 8.95. The van der Waals surface area contributed by atoms with Gasteiger partial charge in [-0.2, -0.15) is 0 Å². The van der Waals surface area contributed by atoms with Gasteiger partial charge < -0.3 is 10.1 Å². The Kier molecular flexibility index (Phi) is 4.87. The summed E-state index contributed by atoms with van der Waals surface area (Å²) in [6.45, 7) is 6.90. The van der Waals surface area contributed by atoms with Gasteiger partial charge in [0, 0.05) is 18.7 Å². The van der Waals surface area contributed by atoms with Crippen LogP contribution in [0.3, 0.4) is 0 Å². The molecule has 0 bridgehead atoms. The number of benzene rings is 1. The van der Waals surface area contributed by atoms with Gasteiger partial charge in [-0.15, -0.1) is 0 Å². The standard InChI is InChI=1S/C17H20ClN3OS/c1-10-9-14(22-17-20-12(3)16(18)23-17)11(2)8-13(10)21-15-6-4-5-7-19-15/h8-9H,4-7H2,1-3H3,(H,19,21). The zero-order valence-electron chi connectivity index (χ0n) is 13.6. The van der Waals surface area contributed by atoms with Gasteiger partial charge in [-0.1, -0.05) is 22.9 Å². The van der Waals surface area contributed by atoms with E-state index < -0.39 is 0 Å². The quantitative estimate of drug-likeness (QED) is 0.794. The molecular weight excluding hydrogens is 330 g/mol. The first kappa shape index (κ1) is 16.3. The number of anilines is 1. The van der Waals surface area contributed by atoms with E-state index in [0.29, 0.717) is 9.53 Å².